The van der Waals surface area contributed by atoms with E-state index in [1.807, 2.05) is 41.5 Å². The molecule has 15 heteroatoms. The summed E-state index contributed by atoms with van der Waals surface area (Å²) in [5.74, 6) is -8.92. The number of carbonyl (C=O) groups is 2. The summed E-state index contributed by atoms with van der Waals surface area (Å²) in [6.45, 7) is 19.9. The van der Waals surface area contributed by atoms with Crippen molar-refractivity contribution in [2.24, 2.45) is 47.3 Å². The Bertz CT molecular complexity index is 1610. The van der Waals surface area contributed by atoms with Crippen molar-refractivity contribution in [1.82, 2.24) is 0 Å². The number of aliphatic hydroxyl groups excluding tert-OH is 4. The predicted molar refractivity (Wildman–Crippen MR) is 238 cm³/mol. The fraction of sp³-hybridized carbons (Fsp3) is 0.796. The van der Waals surface area contributed by atoms with Gasteiger partial charge in [-0.25, -0.2) is 9.59 Å². The Morgan fingerprint density at radius 2 is 1.11 bits per heavy atom. The second kappa shape index (κ2) is 23.5. The molecule has 6 N–H and O–H groups in total. The Balaban J connectivity index is 1.50. The molecule has 22 atom stereocenters. The molecular formula is C49H80O15. The Hall–Kier alpha value is -2.54. The molecule has 0 amide bonds. The first-order valence-corrected chi connectivity index (χ1v) is 23.5. The van der Waals surface area contributed by atoms with E-state index in [1.165, 1.54) is 24.3 Å². The van der Waals surface area contributed by atoms with Crippen LogP contribution in [0.4, 0.5) is 0 Å². The molecular weight excluding hydrogens is 829 g/mol. The highest BCUT2D eigenvalue weighted by Crippen LogP contribution is 2.44. The average molecular weight is 909 g/mol. The van der Waals surface area contributed by atoms with Gasteiger partial charge in [0.15, 0.2) is 17.9 Å². The lowest BCUT2D eigenvalue weighted by molar-refractivity contribution is -0.344. The summed E-state index contributed by atoms with van der Waals surface area (Å²) >= 11 is 0. The third-order valence-electron chi connectivity index (χ3n) is 14.8. The van der Waals surface area contributed by atoms with Crippen molar-refractivity contribution < 1.29 is 73.4 Å². The van der Waals surface area contributed by atoms with E-state index in [4.69, 9.17) is 33.2 Å². The fourth-order valence-corrected chi connectivity index (χ4v) is 10.4. The molecule has 4 aliphatic rings. The molecule has 0 aliphatic carbocycles. The number of cyclic esters (lactones) is 2. The van der Waals surface area contributed by atoms with Gasteiger partial charge in [-0.1, -0.05) is 91.8 Å². The molecule has 64 heavy (non-hydrogen) atoms. The molecule has 366 valence electrons. The summed E-state index contributed by atoms with van der Waals surface area (Å²) in [7, 11) is 1.61. The Morgan fingerprint density at radius 3 is 1.52 bits per heavy atom. The van der Waals surface area contributed by atoms with Crippen molar-refractivity contribution in [1.29, 1.82) is 0 Å². The van der Waals surface area contributed by atoms with Gasteiger partial charge in [0.1, 0.15) is 18.3 Å². The number of aliphatic hydroxyl groups is 6. The van der Waals surface area contributed by atoms with Gasteiger partial charge in [0, 0.05) is 85.9 Å². The van der Waals surface area contributed by atoms with Crippen LogP contribution < -0.4 is 0 Å². The molecule has 15 nitrogen and oxygen atoms in total. The molecule has 0 radical (unpaired) electrons. The SMILES string of the molecule is CCC1C(C)OC(O)(C(C)C(O)C(C)C2OC(=O)C=CC=CC(C)C(C(C)C(O)C(C)C3(O)CC(OC4CC(O)C(O)C(C)O4)C(CC)C(C)O3)OC(=O)C=CC=CC2C)CC1OC. The standard InChI is InChI=1S/C49H80O15/c1-13-35-32(9)63-48(56,24-38(35)58-12)30(7)43(53)28(5)46-26(3)19-15-17-22-41(52)62-47(27(4)20-16-18-21-40(51)61-46)29(6)44(54)31(8)49(57)25-39(36(14-2)33(10)64-49)60-42-23-37(50)45(55)34(11)59-42/h15-22,26-39,42-47,50,53-57H,13-14,23-25H2,1-12H3. The molecule has 4 heterocycles. The van der Waals surface area contributed by atoms with E-state index in [9.17, 15) is 40.2 Å². The van der Waals surface area contributed by atoms with Crippen LogP contribution in [0, 0.1) is 47.3 Å². The normalized spacial score (nSPS) is 42.2. The summed E-state index contributed by atoms with van der Waals surface area (Å²) in [5.41, 5.74) is 0. The van der Waals surface area contributed by atoms with Crippen LogP contribution in [0.3, 0.4) is 0 Å². The van der Waals surface area contributed by atoms with Crippen LogP contribution in [0.25, 0.3) is 0 Å². The van der Waals surface area contributed by atoms with Crippen LogP contribution in [-0.4, -0.2) is 135 Å². The molecule has 0 aromatic heterocycles. The Morgan fingerprint density at radius 1 is 0.688 bits per heavy atom. The number of methoxy groups -OCH3 is 1. The zero-order chi connectivity index (χ0) is 47.8. The van der Waals surface area contributed by atoms with Gasteiger partial charge in [-0.05, 0) is 33.6 Å². The van der Waals surface area contributed by atoms with E-state index in [0.29, 0.717) is 6.42 Å². The van der Waals surface area contributed by atoms with Crippen molar-refractivity contribution in [2.75, 3.05) is 7.11 Å². The molecule has 4 aliphatic heterocycles. The first-order chi connectivity index (χ1) is 30.0. The number of hydrogen-bond acceptors (Lipinski definition) is 15. The molecule has 4 rings (SSSR count). The number of esters is 2. The maximum atomic E-state index is 13.4. The highest BCUT2D eigenvalue weighted by molar-refractivity contribution is 5.83. The van der Waals surface area contributed by atoms with Crippen LogP contribution in [0.1, 0.15) is 108 Å². The minimum Gasteiger partial charge on any atom is -0.458 e. The van der Waals surface area contributed by atoms with E-state index in [2.05, 4.69) is 0 Å². The maximum Gasteiger partial charge on any atom is 0.331 e. The molecule has 0 aromatic rings. The van der Waals surface area contributed by atoms with Crippen molar-refractivity contribution >= 4 is 11.9 Å². The minimum absolute atomic E-state index is 0.0102. The van der Waals surface area contributed by atoms with Crippen molar-refractivity contribution in [3.8, 4) is 0 Å². The third kappa shape index (κ3) is 12.9. The molecule has 0 saturated carbocycles. The Kier molecular flexibility index (Phi) is 19.8. The van der Waals surface area contributed by atoms with Gasteiger partial charge in [0.25, 0.3) is 0 Å². The number of carbonyl (C=O) groups excluding carboxylic acids is 2. The Labute approximate surface area is 380 Å². The first-order valence-electron chi connectivity index (χ1n) is 23.5. The summed E-state index contributed by atoms with van der Waals surface area (Å²) < 4.78 is 42.4. The van der Waals surface area contributed by atoms with Crippen LogP contribution >= 0.6 is 0 Å². The van der Waals surface area contributed by atoms with E-state index < -0.39 is 120 Å². The lowest BCUT2D eigenvalue weighted by Crippen LogP contribution is -2.59. The van der Waals surface area contributed by atoms with Gasteiger partial charge in [0.05, 0.1) is 48.8 Å². The highest BCUT2D eigenvalue weighted by atomic mass is 16.7. The monoisotopic (exact) mass is 909 g/mol. The van der Waals surface area contributed by atoms with Gasteiger partial charge >= 0.3 is 11.9 Å². The largest absolute Gasteiger partial charge is 0.458 e. The van der Waals surface area contributed by atoms with Gasteiger partial charge < -0.3 is 63.8 Å². The van der Waals surface area contributed by atoms with Gasteiger partial charge in [-0.2, -0.15) is 0 Å². The van der Waals surface area contributed by atoms with Crippen LogP contribution in [-0.2, 0) is 42.7 Å². The highest BCUT2D eigenvalue weighted by Gasteiger charge is 2.53. The number of ether oxygens (including phenoxy) is 7. The molecule has 3 saturated heterocycles. The van der Waals surface area contributed by atoms with Crippen LogP contribution in [0.5, 0.6) is 0 Å². The number of allylic oxidation sites excluding steroid dienone is 4. The van der Waals surface area contributed by atoms with Crippen molar-refractivity contribution in [3.05, 3.63) is 48.6 Å². The van der Waals surface area contributed by atoms with Crippen molar-refractivity contribution in [2.45, 2.75) is 193 Å². The number of rotatable bonds is 13. The van der Waals surface area contributed by atoms with Crippen molar-refractivity contribution in [3.63, 3.8) is 0 Å². The zero-order valence-corrected chi connectivity index (χ0v) is 40.1. The lowest BCUT2D eigenvalue weighted by atomic mass is 9.76. The summed E-state index contributed by atoms with van der Waals surface area (Å²) in [4.78, 5) is 26.7. The smallest absolute Gasteiger partial charge is 0.331 e. The third-order valence-corrected chi connectivity index (χ3v) is 14.8. The lowest BCUT2D eigenvalue weighted by Gasteiger charge is -2.50. The van der Waals surface area contributed by atoms with Gasteiger partial charge in [-0.15, -0.1) is 0 Å². The number of hydrogen-bond donors (Lipinski definition) is 6. The summed E-state index contributed by atoms with van der Waals surface area (Å²) in [6.07, 6.45) is 4.65. The summed E-state index contributed by atoms with van der Waals surface area (Å²) in [5, 5.41) is 68.1. The zero-order valence-electron chi connectivity index (χ0n) is 40.1. The fourth-order valence-electron chi connectivity index (χ4n) is 10.4. The van der Waals surface area contributed by atoms with E-state index in [1.54, 1.807) is 66.0 Å². The second-order valence-electron chi connectivity index (χ2n) is 19.2. The molecule has 0 aromatic carbocycles. The average Bonchev–Trinajstić information content (AvgIpc) is 3.24. The maximum absolute atomic E-state index is 13.4. The second-order valence-corrected chi connectivity index (χ2v) is 19.2. The quantitative estimate of drug-likeness (QED) is 0.136. The van der Waals surface area contributed by atoms with Gasteiger partial charge in [0.2, 0.25) is 0 Å². The predicted octanol–water partition coefficient (Wildman–Crippen LogP) is 4.89. The minimum atomic E-state index is -1.86. The first kappa shape index (κ1) is 54.1. The molecule has 0 spiro atoms. The summed E-state index contributed by atoms with van der Waals surface area (Å²) in [6, 6.07) is 0. The molecule has 0 bridgehead atoms. The van der Waals surface area contributed by atoms with E-state index in [-0.39, 0.29) is 43.3 Å². The van der Waals surface area contributed by atoms with Crippen LogP contribution in [0.2, 0.25) is 0 Å². The van der Waals surface area contributed by atoms with E-state index in [0.717, 1.165) is 6.42 Å². The topological polar surface area (TPSA) is 220 Å². The molecule has 3 fully saturated rings. The van der Waals surface area contributed by atoms with E-state index >= 15 is 0 Å². The molecule has 22 unspecified atom stereocenters. The van der Waals surface area contributed by atoms with Gasteiger partial charge in [-0.3, -0.25) is 0 Å². The van der Waals surface area contributed by atoms with Crippen LogP contribution in [0.15, 0.2) is 48.6 Å².